The van der Waals surface area contributed by atoms with Crippen LogP contribution < -0.4 is 0 Å². The molecule has 2 aromatic heterocycles. The molecule has 7 nitrogen and oxygen atoms in total. The molecule has 2 aromatic carbocycles. The average molecular weight is 431 g/mol. The number of hydrogen-bond acceptors (Lipinski definition) is 5. The fourth-order valence-corrected chi connectivity index (χ4v) is 3.48. The first kappa shape index (κ1) is 21.5. The van der Waals surface area contributed by atoms with Gasteiger partial charge in [-0.25, -0.2) is 14.5 Å². The van der Waals surface area contributed by atoms with E-state index in [1.165, 1.54) is 0 Å². The normalized spacial score (nSPS) is 10.9. The third kappa shape index (κ3) is 4.63. The Labute approximate surface area is 187 Å². The number of nitrogens with zero attached hydrogens (tertiary/aromatic N) is 4. The second-order valence-electron chi connectivity index (χ2n) is 7.38. The van der Waals surface area contributed by atoms with Gasteiger partial charge in [0, 0.05) is 36.3 Å². The Morgan fingerprint density at radius 2 is 1.91 bits per heavy atom. The third-order valence-electron chi connectivity index (χ3n) is 5.15. The molecule has 4 rings (SSSR count). The molecule has 0 amide bonds. The minimum atomic E-state index is -0.328. The Balaban J connectivity index is 1.68. The van der Waals surface area contributed by atoms with Crippen molar-refractivity contribution in [2.24, 2.45) is 0 Å². The van der Waals surface area contributed by atoms with E-state index in [4.69, 9.17) is 14.6 Å². The van der Waals surface area contributed by atoms with Crippen LogP contribution in [0.3, 0.4) is 0 Å². The number of esters is 1. The van der Waals surface area contributed by atoms with Gasteiger partial charge >= 0.3 is 5.97 Å². The first-order valence-electron chi connectivity index (χ1n) is 10.6. The molecule has 0 bridgehead atoms. The van der Waals surface area contributed by atoms with Gasteiger partial charge in [0.05, 0.1) is 29.9 Å². The summed E-state index contributed by atoms with van der Waals surface area (Å²) in [6, 6.07) is 17.5. The van der Waals surface area contributed by atoms with Gasteiger partial charge < -0.3 is 14.0 Å². The predicted octanol–water partition coefficient (Wildman–Crippen LogP) is 4.96. The van der Waals surface area contributed by atoms with E-state index < -0.39 is 0 Å². The first-order valence-corrected chi connectivity index (χ1v) is 10.6. The highest BCUT2D eigenvalue weighted by Gasteiger charge is 2.19. The molecule has 0 saturated carbocycles. The number of ether oxygens (including phenoxy) is 2. The summed E-state index contributed by atoms with van der Waals surface area (Å²) in [7, 11) is 1.62. The summed E-state index contributed by atoms with van der Waals surface area (Å²) in [6.45, 7) is 2.74. The van der Waals surface area contributed by atoms with Crippen LogP contribution in [-0.2, 0) is 16.2 Å². The van der Waals surface area contributed by atoms with Crippen molar-refractivity contribution in [1.82, 2.24) is 19.3 Å². The lowest BCUT2D eigenvalue weighted by Crippen LogP contribution is -2.10. The molecule has 32 heavy (non-hydrogen) atoms. The molecular formula is C25H26N4O3. The number of hydrogen-bond donors (Lipinski definition) is 0. The molecule has 7 heteroatoms. The fraction of sp³-hybridized carbons (Fsp3) is 0.240. The fourth-order valence-electron chi connectivity index (χ4n) is 3.48. The average Bonchev–Trinajstić information content (AvgIpc) is 3.50. The highest BCUT2D eigenvalue weighted by Crippen LogP contribution is 2.30. The van der Waals surface area contributed by atoms with E-state index in [2.05, 4.69) is 11.9 Å². The molecule has 0 aliphatic heterocycles. The van der Waals surface area contributed by atoms with Crippen molar-refractivity contribution < 1.29 is 14.3 Å². The molecule has 0 aliphatic rings. The lowest BCUT2D eigenvalue weighted by Gasteiger charge is -2.11. The first-order chi connectivity index (χ1) is 15.7. The molecule has 0 spiro atoms. The quantitative estimate of drug-likeness (QED) is 0.277. The van der Waals surface area contributed by atoms with Gasteiger partial charge in [-0.05, 0) is 30.7 Å². The van der Waals surface area contributed by atoms with Gasteiger partial charge in [0.15, 0.2) is 0 Å². The van der Waals surface area contributed by atoms with Gasteiger partial charge in [0.1, 0.15) is 6.73 Å². The van der Waals surface area contributed by atoms with Gasteiger partial charge in [-0.3, -0.25) is 0 Å². The Morgan fingerprint density at radius 3 is 2.62 bits per heavy atom. The van der Waals surface area contributed by atoms with Gasteiger partial charge in [-0.2, -0.15) is 5.10 Å². The van der Waals surface area contributed by atoms with Gasteiger partial charge in [0.25, 0.3) is 0 Å². The number of aromatic nitrogens is 4. The highest BCUT2D eigenvalue weighted by atomic mass is 16.5. The predicted molar refractivity (Wildman–Crippen MR) is 122 cm³/mol. The molecular weight excluding hydrogens is 404 g/mol. The van der Waals surface area contributed by atoms with Crippen LogP contribution in [-0.4, -0.2) is 39.0 Å². The molecule has 0 N–H and O–H groups in total. The van der Waals surface area contributed by atoms with Crippen molar-refractivity contribution in [1.29, 1.82) is 0 Å². The van der Waals surface area contributed by atoms with Crippen LogP contribution in [0.25, 0.3) is 28.2 Å². The van der Waals surface area contributed by atoms with Crippen molar-refractivity contribution in [3.05, 3.63) is 78.9 Å². The smallest absolute Gasteiger partial charge is 0.338 e. The van der Waals surface area contributed by atoms with Gasteiger partial charge in [-0.1, -0.05) is 43.7 Å². The second kappa shape index (κ2) is 10.1. The van der Waals surface area contributed by atoms with Gasteiger partial charge in [0.2, 0.25) is 0 Å². The minimum absolute atomic E-state index is 0.266. The Morgan fingerprint density at radius 1 is 1.09 bits per heavy atom. The Kier molecular flexibility index (Phi) is 6.77. The lowest BCUT2D eigenvalue weighted by molar-refractivity contribution is 0.0500. The molecule has 0 saturated heterocycles. The van der Waals surface area contributed by atoms with Crippen molar-refractivity contribution in [2.45, 2.75) is 26.5 Å². The largest absolute Gasteiger partial charge is 0.462 e. The van der Waals surface area contributed by atoms with Crippen LogP contribution >= 0.6 is 0 Å². The molecule has 0 atom stereocenters. The SMILES string of the molecule is CCCCOC(=O)c1ccccc1-c1cc(-c2ccc(-n3ccnc3)cc2)nn1COC. The van der Waals surface area contributed by atoms with E-state index in [1.807, 2.05) is 59.3 Å². The molecule has 4 aromatic rings. The molecule has 164 valence electrons. The van der Waals surface area contributed by atoms with E-state index >= 15 is 0 Å². The zero-order valence-electron chi connectivity index (χ0n) is 18.3. The second-order valence-corrected chi connectivity index (χ2v) is 7.38. The maximum Gasteiger partial charge on any atom is 0.338 e. The topological polar surface area (TPSA) is 71.2 Å². The van der Waals surface area contributed by atoms with Crippen LogP contribution in [0.5, 0.6) is 0 Å². The van der Waals surface area contributed by atoms with Crippen LogP contribution in [0.1, 0.15) is 30.1 Å². The summed E-state index contributed by atoms with van der Waals surface area (Å²) in [5, 5.41) is 4.74. The maximum absolute atomic E-state index is 12.7. The number of rotatable bonds is 9. The highest BCUT2D eigenvalue weighted by molar-refractivity contribution is 5.97. The monoisotopic (exact) mass is 430 g/mol. The van der Waals surface area contributed by atoms with Crippen molar-refractivity contribution in [3.63, 3.8) is 0 Å². The van der Waals surface area contributed by atoms with Crippen LogP contribution in [0.2, 0.25) is 0 Å². The maximum atomic E-state index is 12.7. The zero-order chi connectivity index (χ0) is 22.3. The van der Waals surface area contributed by atoms with E-state index in [-0.39, 0.29) is 12.7 Å². The summed E-state index contributed by atoms with van der Waals surface area (Å²) in [4.78, 5) is 16.8. The number of benzene rings is 2. The summed E-state index contributed by atoms with van der Waals surface area (Å²) in [5.74, 6) is -0.328. The number of imidazole rings is 1. The third-order valence-corrected chi connectivity index (χ3v) is 5.15. The number of unbranched alkanes of at least 4 members (excludes halogenated alkanes) is 1. The summed E-state index contributed by atoms with van der Waals surface area (Å²) in [6.07, 6.45) is 7.22. The lowest BCUT2D eigenvalue weighted by atomic mass is 10.0. The van der Waals surface area contributed by atoms with Crippen molar-refractivity contribution >= 4 is 5.97 Å². The van der Waals surface area contributed by atoms with Crippen LogP contribution in [0.15, 0.2) is 73.3 Å². The van der Waals surface area contributed by atoms with Gasteiger partial charge in [-0.15, -0.1) is 0 Å². The van der Waals surface area contributed by atoms with E-state index in [1.54, 1.807) is 30.4 Å². The number of methoxy groups -OCH3 is 1. The summed E-state index contributed by atoms with van der Waals surface area (Å²) < 4.78 is 14.5. The standard InChI is InChI=1S/C25H26N4O3/c1-3-4-15-32-25(30)22-8-6-5-7-21(22)24-16-23(27-29(24)18-31-2)19-9-11-20(12-10-19)28-14-13-26-17-28/h5-14,16-17H,3-4,15,18H2,1-2H3. The number of carbonyl (C=O) groups excluding carboxylic acids is 1. The Hall–Kier alpha value is -3.71. The molecule has 0 fully saturated rings. The van der Waals surface area contributed by atoms with E-state index in [9.17, 15) is 4.79 Å². The van der Waals surface area contributed by atoms with Crippen LogP contribution in [0, 0.1) is 0 Å². The van der Waals surface area contributed by atoms with Crippen LogP contribution in [0.4, 0.5) is 0 Å². The van der Waals surface area contributed by atoms with E-state index in [0.29, 0.717) is 12.2 Å². The summed E-state index contributed by atoms with van der Waals surface area (Å²) >= 11 is 0. The molecule has 0 aliphatic carbocycles. The summed E-state index contributed by atoms with van der Waals surface area (Å²) in [5.41, 5.74) is 4.85. The number of carbonyl (C=O) groups is 1. The zero-order valence-corrected chi connectivity index (χ0v) is 18.3. The molecule has 0 unspecified atom stereocenters. The van der Waals surface area contributed by atoms with E-state index in [0.717, 1.165) is 41.0 Å². The molecule has 2 heterocycles. The van der Waals surface area contributed by atoms with Crippen molar-refractivity contribution in [3.8, 4) is 28.2 Å². The van der Waals surface area contributed by atoms with Crippen molar-refractivity contribution in [2.75, 3.05) is 13.7 Å². The minimum Gasteiger partial charge on any atom is -0.462 e. The molecule has 0 radical (unpaired) electrons. The Bertz CT molecular complexity index is 1160.